The van der Waals surface area contributed by atoms with E-state index in [9.17, 15) is 9.90 Å². The van der Waals surface area contributed by atoms with Gasteiger partial charge in [0.05, 0.1) is 5.52 Å². The lowest BCUT2D eigenvalue weighted by Crippen LogP contribution is -2.21. The van der Waals surface area contributed by atoms with Crippen molar-refractivity contribution in [3.05, 3.63) is 52.0 Å². The van der Waals surface area contributed by atoms with Crippen LogP contribution in [0.5, 0.6) is 11.6 Å². The fourth-order valence-corrected chi connectivity index (χ4v) is 2.80. The predicted octanol–water partition coefficient (Wildman–Crippen LogP) is 5.57. The van der Waals surface area contributed by atoms with E-state index in [-0.39, 0.29) is 11.6 Å². The topological polar surface area (TPSA) is 87.0 Å². The summed E-state index contributed by atoms with van der Waals surface area (Å²) in [6.45, 7) is 3.40. The molecule has 3 aromatic rings. The Balaban J connectivity index is 1.79. The zero-order valence-electron chi connectivity index (χ0n) is 14.0. The van der Waals surface area contributed by atoms with E-state index in [4.69, 9.17) is 27.9 Å². The molecule has 0 saturated heterocycles. The van der Waals surface area contributed by atoms with E-state index in [0.717, 1.165) is 5.56 Å². The van der Waals surface area contributed by atoms with Gasteiger partial charge < -0.3 is 14.8 Å². The molecule has 8 heteroatoms. The van der Waals surface area contributed by atoms with E-state index in [0.29, 0.717) is 26.7 Å². The minimum absolute atomic E-state index is 0.144. The van der Waals surface area contributed by atoms with Crippen molar-refractivity contribution in [2.45, 2.75) is 20.0 Å². The number of azo groups is 1. The number of hydrogen-bond acceptors (Lipinski definition) is 4. The van der Waals surface area contributed by atoms with E-state index in [1.165, 1.54) is 0 Å². The lowest BCUT2D eigenvalue weighted by Gasteiger charge is -2.13. The van der Waals surface area contributed by atoms with Gasteiger partial charge in [0.2, 0.25) is 5.88 Å². The molecular weight excluding hydrogens is 377 g/mol. The zero-order chi connectivity index (χ0) is 18.8. The molecule has 2 N–H and O–H groups in total. The van der Waals surface area contributed by atoms with Crippen LogP contribution in [-0.2, 0) is 4.79 Å². The van der Waals surface area contributed by atoms with E-state index >= 15 is 0 Å². The van der Waals surface area contributed by atoms with Gasteiger partial charge in [0, 0.05) is 15.4 Å². The smallest absolute Gasteiger partial charge is 0.304 e. The Morgan fingerprint density at radius 2 is 1.88 bits per heavy atom. The van der Waals surface area contributed by atoms with Gasteiger partial charge >= 0.3 is 5.91 Å². The van der Waals surface area contributed by atoms with Crippen molar-refractivity contribution in [2.24, 2.45) is 10.2 Å². The number of nitrogens with one attached hydrogen (secondary N) is 1. The van der Waals surface area contributed by atoms with Gasteiger partial charge in [-0.2, -0.15) is 0 Å². The molecule has 134 valence electrons. The molecule has 1 heterocycles. The monoisotopic (exact) mass is 391 g/mol. The average molecular weight is 392 g/mol. The Bertz CT molecular complexity index is 1010. The Kier molecular flexibility index (Phi) is 5.15. The maximum atomic E-state index is 12.2. The molecule has 1 atom stereocenters. The quantitative estimate of drug-likeness (QED) is 0.570. The number of nitrogens with zero attached hydrogens (tertiary/aromatic N) is 2. The Morgan fingerprint density at radius 1 is 1.19 bits per heavy atom. The van der Waals surface area contributed by atoms with Crippen LogP contribution in [0.3, 0.4) is 0 Å². The fraction of sp³-hybridized carbons (Fsp3) is 0.167. The third-order valence-corrected chi connectivity index (χ3v) is 4.22. The first kappa shape index (κ1) is 18.2. The molecule has 0 saturated carbocycles. The van der Waals surface area contributed by atoms with E-state index < -0.39 is 12.0 Å². The van der Waals surface area contributed by atoms with Crippen molar-refractivity contribution in [3.8, 4) is 11.6 Å². The number of halogens is 2. The largest absolute Gasteiger partial charge is 0.493 e. The Morgan fingerprint density at radius 3 is 2.62 bits per heavy atom. The zero-order valence-corrected chi connectivity index (χ0v) is 15.5. The van der Waals surface area contributed by atoms with E-state index in [2.05, 4.69) is 15.2 Å². The number of aromatic nitrogens is 1. The standard InChI is InChI=1S/C18H15Cl2N3O3/c1-9-7-11(19)4-6-15(9)26-10(2)17(24)23-22-16-13-8-12(20)3-5-14(13)21-18(16)25/h3-8,10,21,25H,1-2H3/t10-/m0/s1. The molecule has 0 unspecified atom stereocenters. The number of H-pyrrole nitrogens is 1. The normalized spacial score (nSPS) is 12.6. The molecule has 6 nitrogen and oxygen atoms in total. The Hall–Kier alpha value is -2.57. The lowest BCUT2D eigenvalue weighted by molar-refractivity contribution is -0.124. The molecule has 1 amide bonds. The summed E-state index contributed by atoms with van der Waals surface area (Å²) < 4.78 is 5.62. The summed E-state index contributed by atoms with van der Waals surface area (Å²) in [5.41, 5.74) is 1.58. The van der Waals surface area contributed by atoms with Gasteiger partial charge in [-0.3, -0.25) is 4.79 Å². The maximum Gasteiger partial charge on any atom is 0.304 e. The number of amides is 1. The highest BCUT2D eigenvalue weighted by Gasteiger charge is 2.17. The van der Waals surface area contributed by atoms with Crippen molar-refractivity contribution >= 4 is 45.7 Å². The molecule has 0 aliphatic heterocycles. The van der Waals surface area contributed by atoms with Gasteiger partial charge in [-0.25, -0.2) is 0 Å². The molecular formula is C18H15Cl2N3O3. The van der Waals surface area contributed by atoms with Crippen LogP contribution in [0.4, 0.5) is 5.69 Å². The third-order valence-electron chi connectivity index (χ3n) is 3.75. The fourth-order valence-electron chi connectivity index (χ4n) is 2.40. The molecule has 0 fully saturated rings. The van der Waals surface area contributed by atoms with Crippen LogP contribution in [0.2, 0.25) is 10.0 Å². The van der Waals surface area contributed by atoms with Gasteiger partial charge in [0.1, 0.15) is 5.75 Å². The van der Waals surface area contributed by atoms with E-state index in [1.54, 1.807) is 43.3 Å². The number of carbonyl (C=O) groups excluding carboxylic acids is 1. The number of rotatable bonds is 4. The summed E-state index contributed by atoms with van der Waals surface area (Å²) in [5.74, 6) is -0.247. The van der Waals surface area contributed by atoms with Crippen molar-refractivity contribution in [1.82, 2.24) is 4.98 Å². The van der Waals surface area contributed by atoms with Gasteiger partial charge in [-0.15, -0.1) is 10.2 Å². The second-order valence-electron chi connectivity index (χ2n) is 5.72. The number of benzene rings is 2. The van der Waals surface area contributed by atoms with Crippen LogP contribution in [-0.4, -0.2) is 22.1 Å². The molecule has 1 aromatic heterocycles. The van der Waals surface area contributed by atoms with Crippen molar-refractivity contribution in [1.29, 1.82) is 0 Å². The molecule has 0 radical (unpaired) electrons. The first-order valence-electron chi connectivity index (χ1n) is 7.73. The van der Waals surface area contributed by atoms with Crippen LogP contribution >= 0.6 is 23.2 Å². The number of aryl methyl sites for hydroxylation is 1. The minimum atomic E-state index is -0.852. The van der Waals surface area contributed by atoms with Crippen molar-refractivity contribution in [2.75, 3.05) is 0 Å². The number of aromatic amines is 1. The Labute approximate surface area is 159 Å². The van der Waals surface area contributed by atoms with Crippen LogP contribution in [0.15, 0.2) is 46.6 Å². The summed E-state index contributed by atoms with van der Waals surface area (Å²) in [4.78, 5) is 15.0. The number of aromatic hydroxyl groups is 1. The number of ether oxygens (including phenoxy) is 1. The second-order valence-corrected chi connectivity index (χ2v) is 6.59. The first-order chi connectivity index (χ1) is 12.3. The van der Waals surface area contributed by atoms with Crippen LogP contribution in [0.1, 0.15) is 12.5 Å². The molecule has 0 bridgehead atoms. The van der Waals surface area contributed by atoms with Gasteiger partial charge in [0.15, 0.2) is 11.8 Å². The number of hydrogen-bond donors (Lipinski definition) is 2. The maximum absolute atomic E-state index is 12.2. The van der Waals surface area contributed by atoms with Crippen molar-refractivity contribution in [3.63, 3.8) is 0 Å². The molecule has 0 aliphatic rings. The predicted molar refractivity (Wildman–Crippen MR) is 101 cm³/mol. The second kappa shape index (κ2) is 7.35. The summed E-state index contributed by atoms with van der Waals surface area (Å²) >= 11 is 11.9. The highest BCUT2D eigenvalue weighted by molar-refractivity contribution is 6.31. The highest BCUT2D eigenvalue weighted by atomic mass is 35.5. The third kappa shape index (κ3) is 3.81. The lowest BCUT2D eigenvalue weighted by atomic mass is 10.2. The van der Waals surface area contributed by atoms with Crippen LogP contribution in [0, 0.1) is 6.92 Å². The molecule has 3 rings (SSSR count). The molecule has 0 aliphatic carbocycles. The van der Waals surface area contributed by atoms with E-state index in [1.807, 2.05) is 6.92 Å². The van der Waals surface area contributed by atoms with Gasteiger partial charge in [-0.1, -0.05) is 23.2 Å². The molecule has 2 aromatic carbocycles. The summed E-state index contributed by atoms with van der Waals surface area (Å²) in [6.07, 6.45) is -0.852. The number of carbonyl (C=O) groups is 1. The van der Waals surface area contributed by atoms with Crippen molar-refractivity contribution < 1.29 is 14.6 Å². The highest BCUT2D eigenvalue weighted by Crippen LogP contribution is 2.36. The number of fused-ring (bicyclic) bond motifs is 1. The van der Waals surface area contributed by atoms with Crippen LogP contribution < -0.4 is 4.74 Å². The van der Waals surface area contributed by atoms with Gasteiger partial charge in [0.25, 0.3) is 0 Å². The average Bonchev–Trinajstić information content (AvgIpc) is 2.89. The SMILES string of the molecule is Cc1cc(Cl)ccc1O[C@@H](C)C(=O)N=Nc1c(O)[nH]c2ccc(Cl)cc12. The minimum Gasteiger partial charge on any atom is -0.493 e. The molecule has 26 heavy (non-hydrogen) atoms. The first-order valence-corrected chi connectivity index (χ1v) is 8.49. The summed E-state index contributed by atoms with van der Waals surface area (Å²) in [5, 5.41) is 19.1. The van der Waals surface area contributed by atoms with Gasteiger partial charge in [-0.05, 0) is 55.8 Å². The molecule has 0 spiro atoms. The summed E-state index contributed by atoms with van der Waals surface area (Å²) in [7, 11) is 0. The summed E-state index contributed by atoms with van der Waals surface area (Å²) in [6, 6.07) is 10.1. The van der Waals surface area contributed by atoms with Crippen LogP contribution in [0.25, 0.3) is 10.9 Å².